The zero-order valence-corrected chi connectivity index (χ0v) is 20.3. The monoisotopic (exact) mass is 539 g/mol. The van der Waals surface area contributed by atoms with E-state index in [1.54, 1.807) is 60.7 Å². The van der Waals surface area contributed by atoms with Gasteiger partial charge in [-0.05, 0) is 76.1 Å². The largest absolute Gasteiger partial charge is 0.493 e. The highest BCUT2D eigenvalue weighted by atomic mass is 79.9. The molecule has 3 aromatic carbocycles. The van der Waals surface area contributed by atoms with E-state index in [0.29, 0.717) is 37.9 Å². The van der Waals surface area contributed by atoms with Crippen LogP contribution in [0, 0.1) is 11.3 Å². The number of hydrogen-bond acceptors (Lipinski definition) is 5. The molecule has 0 spiro atoms. The Hall–Kier alpha value is -3.80. The molecule has 0 fully saturated rings. The van der Waals surface area contributed by atoms with Crippen LogP contribution in [0.15, 0.2) is 76.8 Å². The van der Waals surface area contributed by atoms with E-state index in [4.69, 9.17) is 21.1 Å². The van der Waals surface area contributed by atoms with Crippen molar-refractivity contribution in [2.75, 3.05) is 24.4 Å². The van der Waals surface area contributed by atoms with Gasteiger partial charge in [0.1, 0.15) is 11.6 Å². The van der Waals surface area contributed by atoms with Crippen LogP contribution >= 0.6 is 27.5 Å². The first-order chi connectivity index (χ1) is 16.4. The first-order valence-electron chi connectivity index (χ1n) is 9.93. The van der Waals surface area contributed by atoms with Gasteiger partial charge >= 0.3 is 0 Å². The predicted octanol–water partition coefficient (Wildman–Crippen LogP) is 5.67. The van der Waals surface area contributed by atoms with Crippen molar-refractivity contribution >= 4 is 56.8 Å². The quantitative estimate of drug-likeness (QED) is 0.283. The lowest BCUT2D eigenvalue weighted by molar-refractivity contribution is -0.118. The number of carbonyl (C=O) groups excluding carboxylic acids is 2. The third-order valence-electron chi connectivity index (χ3n) is 4.44. The average Bonchev–Trinajstić information content (AvgIpc) is 2.83. The summed E-state index contributed by atoms with van der Waals surface area (Å²) in [5.41, 5.74) is 1.60. The van der Waals surface area contributed by atoms with Crippen molar-refractivity contribution in [1.29, 1.82) is 5.26 Å². The molecule has 0 unspecified atom stereocenters. The summed E-state index contributed by atoms with van der Waals surface area (Å²) in [4.78, 5) is 24.7. The number of halogens is 2. The van der Waals surface area contributed by atoms with Gasteiger partial charge in [-0.25, -0.2) is 0 Å². The number of nitriles is 1. The molecule has 34 heavy (non-hydrogen) atoms. The lowest BCUT2D eigenvalue weighted by Gasteiger charge is -2.14. The van der Waals surface area contributed by atoms with Crippen molar-refractivity contribution in [2.24, 2.45) is 0 Å². The zero-order chi connectivity index (χ0) is 24.5. The van der Waals surface area contributed by atoms with E-state index < -0.39 is 5.91 Å². The molecule has 0 aliphatic carbocycles. The summed E-state index contributed by atoms with van der Waals surface area (Å²) in [6.45, 7) is -0.268. The molecule has 9 heteroatoms. The number of amides is 2. The highest BCUT2D eigenvalue weighted by molar-refractivity contribution is 9.10. The number of rotatable bonds is 8. The maximum absolute atomic E-state index is 12.5. The number of hydrogen-bond donors (Lipinski definition) is 2. The van der Waals surface area contributed by atoms with Crippen LogP contribution in [0.2, 0.25) is 5.02 Å². The van der Waals surface area contributed by atoms with Gasteiger partial charge in [0.25, 0.3) is 11.8 Å². The fourth-order valence-corrected chi connectivity index (χ4v) is 3.57. The second-order valence-electron chi connectivity index (χ2n) is 6.87. The lowest BCUT2D eigenvalue weighted by atomic mass is 10.1. The van der Waals surface area contributed by atoms with Gasteiger partial charge in [-0.2, -0.15) is 5.26 Å². The Morgan fingerprint density at radius 2 is 1.74 bits per heavy atom. The number of ether oxygens (including phenoxy) is 2. The minimum atomic E-state index is -0.539. The van der Waals surface area contributed by atoms with Gasteiger partial charge in [-0.3, -0.25) is 9.59 Å². The van der Waals surface area contributed by atoms with Crippen LogP contribution < -0.4 is 20.1 Å². The summed E-state index contributed by atoms with van der Waals surface area (Å²) in [5.74, 6) is -0.286. The van der Waals surface area contributed by atoms with Crippen LogP contribution in [0.1, 0.15) is 5.56 Å². The molecule has 3 aromatic rings. The van der Waals surface area contributed by atoms with E-state index in [0.717, 1.165) is 0 Å². The third kappa shape index (κ3) is 6.85. The molecule has 172 valence electrons. The van der Waals surface area contributed by atoms with E-state index >= 15 is 0 Å². The molecule has 0 bridgehead atoms. The van der Waals surface area contributed by atoms with Crippen molar-refractivity contribution in [3.8, 4) is 17.6 Å². The topological polar surface area (TPSA) is 100 Å². The normalized spacial score (nSPS) is 10.7. The van der Waals surface area contributed by atoms with Gasteiger partial charge < -0.3 is 20.1 Å². The molecule has 0 aliphatic heterocycles. The number of methoxy groups -OCH3 is 1. The van der Waals surface area contributed by atoms with Crippen LogP contribution in [0.3, 0.4) is 0 Å². The number of benzene rings is 3. The Morgan fingerprint density at radius 1 is 1.06 bits per heavy atom. The van der Waals surface area contributed by atoms with Crippen LogP contribution in [0.25, 0.3) is 6.08 Å². The molecule has 0 atom stereocenters. The zero-order valence-electron chi connectivity index (χ0n) is 18.0. The first kappa shape index (κ1) is 24.8. The van der Waals surface area contributed by atoms with Crippen molar-refractivity contribution < 1.29 is 19.1 Å². The van der Waals surface area contributed by atoms with Crippen LogP contribution in [-0.2, 0) is 9.59 Å². The summed E-state index contributed by atoms with van der Waals surface area (Å²) in [6.07, 6.45) is 1.43. The Morgan fingerprint density at radius 3 is 2.38 bits per heavy atom. The van der Waals surface area contributed by atoms with Crippen LogP contribution in [0.4, 0.5) is 11.4 Å². The Labute approximate surface area is 210 Å². The highest BCUT2D eigenvalue weighted by Gasteiger charge is 2.15. The minimum Gasteiger partial charge on any atom is -0.493 e. The van der Waals surface area contributed by atoms with Gasteiger partial charge in [0, 0.05) is 16.4 Å². The maximum Gasteiger partial charge on any atom is 0.266 e. The standard InChI is InChI=1S/C25H19BrClN3O4/c1-33-22-13-16(11-17(14-28)25(32)30-19-5-3-2-4-6-19)12-21(26)24(22)34-15-23(31)29-20-9-7-18(27)8-10-20/h2-13H,15H2,1H3,(H,29,31)(H,30,32)/b17-11+. The minimum absolute atomic E-state index is 0.0891. The number of anilines is 2. The van der Waals surface area contributed by atoms with E-state index in [1.165, 1.54) is 13.2 Å². The Balaban J connectivity index is 1.72. The van der Waals surface area contributed by atoms with E-state index in [2.05, 4.69) is 26.6 Å². The maximum atomic E-state index is 12.5. The molecule has 0 saturated heterocycles. The summed E-state index contributed by atoms with van der Waals surface area (Å²) < 4.78 is 11.5. The molecule has 3 rings (SSSR count). The van der Waals surface area contributed by atoms with Crippen molar-refractivity contribution in [3.05, 3.63) is 87.4 Å². The van der Waals surface area contributed by atoms with Crippen LogP contribution in [-0.4, -0.2) is 25.5 Å². The fourth-order valence-electron chi connectivity index (χ4n) is 2.87. The molecule has 7 nitrogen and oxygen atoms in total. The van der Waals surface area contributed by atoms with E-state index in [9.17, 15) is 14.9 Å². The van der Waals surface area contributed by atoms with Crippen molar-refractivity contribution in [3.63, 3.8) is 0 Å². The molecule has 0 saturated carbocycles. The molecule has 0 aromatic heterocycles. The second-order valence-corrected chi connectivity index (χ2v) is 8.16. The summed E-state index contributed by atoms with van der Waals surface area (Å²) in [7, 11) is 1.45. The molecule has 2 amide bonds. The van der Waals surface area contributed by atoms with Crippen LogP contribution in [0.5, 0.6) is 11.5 Å². The second kappa shape index (κ2) is 11.9. The summed E-state index contributed by atoms with van der Waals surface area (Å²) in [6, 6.07) is 20.7. The average molecular weight is 541 g/mol. The Bertz CT molecular complexity index is 1260. The SMILES string of the molecule is COc1cc(/C=C(\C#N)C(=O)Nc2ccccc2)cc(Br)c1OCC(=O)Nc1ccc(Cl)cc1. The first-order valence-corrected chi connectivity index (χ1v) is 11.1. The molecule has 2 N–H and O–H groups in total. The molecule has 0 radical (unpaired) electrons. The number of nitrogens with one attached hydrogen (secondary N) is 2. The fraction of sp³-hybridized carbons (Fsp3) is 0.0800. The van der Waals surface area contributed by atoms with Gasteiger partial charge in [0.15, 0.2) is 18.1 Å². The van der Waals surface area contributed by atoms with E-state index in [1.807, 2.05) is 12.1 Å². The molecule has 0 aliphatic rings. The predicted molar refractivity (Wildman–Crippen MR) is 135 cm³/mol. The van der Waals surface area contributed by atoms with E-state index in [-0.39, 0.29) is 18.1 Å². The van der Waals surface area contributed by atoms with Crippen molar-refractivity contribution in [2.45, 2.75) is 0 Å². The van der Waals surface area contributed by atoms with Crippen molar-refractivity contribution in [1.82, 2.24) is 0 Å². The molecular weight excluding hydrogens is 522 g/mol. The smallest absolute Gasteiger partial charge is 0.266 e. The highest BCUT2D eigenvalue weighted by Crippen LogP contribution is 2.37. The number of carbonyl (C=O) groups is 2. The number of para-hydroxylation sites is 1. The molecular formula is C25H19BrClN3O4. The third-order valence-corrected chi connectivity index (χ3v) is 5.28. The van der Waals surface area contributed by atoms with Gasteiger partial charge in [0.05, 0.1) is 11.6 Å². The summed E-state index contributed by atoms with van der Waals surface area (Å²) in [5, 5.41) is 15.4. The number of nitrogens with zero attached hydrogens (tertiary/aromatic N) is 1. The van der Waals surface area contributed by atoms with Gasteiger partial charge in [0.2, 0.25) is 0 Å². The lowest BCUT2D eigenvalue weighted by Crippen LogP contribution is -2.20. The summed E-state index contributed by atoms with van der Waals surface area (Å²) >= 11 is 9.25. The Kier molecular flexibility index (Phi) is 8.68. The molecule has 0 heterocycles. The van der Waals surface area contributed by atoms with Gasteiger partial charge in [-0.15, -0.1) is 0 Å². The van der Waals surface area contributed by atoms with Gasteiger partial charge in [-0.1, -0.05) is 29.8 Å².